The van der Waals surface area contributed by atoms with E-state index in [9.17, 15) is 0 Å². The van der Waals surface area contributed by atoms with Crippen LogP contribution in [-0.2, 0) is 17.8 Å². The van der Waals surface area contributed by atoms with Crippen molar-refractivity contribution in [3.63, 3.8) is 0 Å². The Morgan fingerprint density at radius 2 is 2.32 bits per heavy atom. The molecule has 0 N–H and O–H groups in total. The predicted octanol–water partition coefficient (Wildman–Crippen LogP) is 3.11. The molecule has 1 aliphatic rings. The maximum absolute atomic E-state index is 6.30. The summed E-state index contributed by atoms with van der Waals surface area (Å²) in [4.78, 5) is 8.56. The lowest BCUT2D eigenvalue weighted by atomic mass is 10.1. The van der Waals surface area contributed by atoms with E-state index in [1.54, 1.807) is 12.3 Å². The van der Waals surface area contributed by atoms with Crippen LogP contribution in [0.5, 0.6) is 0 Å². The van der Waals surface area contributed by atoms with Crippen LogP contribution in [0.3, 0.4) is 0 Å². The third kappa shape index (κ3) is 2.49. The third-order valence-corrected chi connectivity index (χ3v) is 3.48. The van der Waals surface area contributed by atoms with E-state index in [1.807, 2.05) is 0 Å². The van der Waals surface area contributed by atoms with Crippen molar-refractivity contribution in [2.24, 2.45) is 4.99 Å². The number of nitrogens with zero attached hydrogens (tertiary/aromatic N) is 3. The van der Waals surface area contributed by atoms with Crippen molar-refractivity contribution in [1.82, 2.24) is 10.1 Å². The predicted molar refractivity (Wildman–Crippen MR) is 71.2 cm³/mol. The highest BCUT2D eigenvalue weighted by atomic mass is 35.5. The second-order valence-electron chi connectivity index (χ2n) is 3.97. The number of rotatable bonds is 2. The van der Waals surface area contributed by atoms with E-state index >= 15 is 0 Å². The molecule has 7 heteroatoms. The largest absolute Gasteiger partial charge is 0.376 e. The minimum Gasteiger partial charge on any atom is -0.376 e. The lowest BCUT2D eigenvalue weighted by molar-refractivity contribution is 0.109. The van der Waals surface area contributed by atoms with Crippen LogP contribution in [0.25, 0.3) is 0 Å². The summed E-state index contributed by atoms with van der Waals surface area (Å²) in [5, 5.41) is 4.43. The Morgan fingerprint density at radius 1 is 1.42 bits per heavy atom. The monoisotopic (exact) mass is 297 g/mol. The zero-order valence-electron chi connectivity index (χ0n) is 9.77. The molecule has 0 aliphatic carbocycles. The van der Waals surface area contributed by atoms with Gasteiger partial charge < -0.3 is 9.26 Å². The summed E-state index contributed by atoms with van der Waals surface area (Å²) in [7, 11) is 0. The molecular formula is C12H9Cl2N3O2. The Kier molecular flexibility index (Phi) is 3.50. The highest BCUT2D eigenvalue weighted by Crippen LogP contribution is 2.32. The summed E-state index contributed by atoms with van der Waals surface area (Å²) in [5.41, 5.74) is 2.78. The molecule has 0 spiro atoms. The molecule has 19 heavy (non-hydrogen) atoms. The van der Waals surface area contributed by atoms with Gasteiger partial charge in [0, 0.05) is 23.7 Å². The van der Waals surface area contributed by atoms with E-state index in [-0.39, 0.29) is 5.17 Å². The minimum atomic E-state index is 0.203. The smallest absolute Gasteiger partial charge is 0.158 e. The van der Waals surface area contributed by atoms with Crippen molar-refractivity contribution in [3.05, 3.63) is 40.5 Å². The maximum atomic E-state index is 6.30. The number of aliphatic imine (C=N–C) groups is 1. The summed E-state index contributed by atoms with van der Waals surface area (Å²) < 4.78 is 10.1. The molecular weight excluding hydrogens is 289 g/mol. The van der Waals surface area contributed by atoms with E-state index in [0.29, 0.717) is 29.6 Å². The molecule has 3 rings (SSSR count). The van der Waals surface area contributed by atoms with Gasteiger partial charge in [0.2, 0.25) is 0 Å². The van der Waals surface area contributed by atoms with Crippen molar-refractivity contribution >= 4 is 34.1 Å². The molecule has 0 aromatic carbocycles. The normalized spacial score (nSPS) is 15.4. The summed E-state index contributed by atoms with van der Waals surface area (Å²) in [6.07, 6.45) is 3.79. The van der Waals surface area contributed by atoms with Crippen molar-refractivity contribution in [1.29, 1.82) is 0 Å². The lowest BCUT2D eigenvalue weighted by Crippen LogP contribution is -2.12. The van der Waals surface area contributed by atoms with E-state index in [4.69, 9.17) is 32.5 Å². The van der Waals surface area contributed by atoms with E-state index in [1.165, 1.54) is 6.26 Å². The van der Waals surface area contributed by atoms with Gasteiger partial charge in [-0.15, -0.1) is 0 Å². The Labute approximate surface area is 119 Å². The molecule has 1 aliphatic heterocycles. The van der Waals surface area contributed by atoms with Gasteiger partial charge in [0.05, 0.1) is 24.4 Å². The van der Waals surface area contributed by atoms with Gasteiger partial charge in [0.1, 0.15) is 17.6 Å². The third-order valence-electron chi connectivity index (χ3n) is 2.78. The summed E-state index contributed by atoms with van der Waals surface area (Å²) >= 11 is 12.3. The highest BCUT2D eigenvalue weighted by molar-refractivity contribution is 6.69. The number of pyridine rings is 1. The average molecular weight is 298 g/mol. The molecule has 2 aromatic heterocycles. The number of fused-ring (bicyclic) bond motifs is 1. The first-order chi connectivity index (χ1) is 9.25. The number of hydrogen-bond donors (Lipinski definition) is 0. The number of halogens is 2. The van der Waals surface area contributed by atoms with Gasteiger partial charge in [0.25, 0.3) is 0 Å². The average Bonchev–Trinajstić information content (AvgIpc) is 2.96. The van der Waals surface area contributed by atoms with E-state index in [0.717, 1.165) is 17.7 Å². The molecule has 98 valence electrons. The summed E-state index contributed by atoms with van der Waals surface area (Å²) in [6, 6.07) is 1.62. The van der Waals surface area contributed by atoms with Gasteiger partial charge in [-0.25, -0.2) is 4.99 Å². The van der Waals surface area contributed by atoms with E-state index in [2.05, 4.69) is 15.1 Å². The first-order valence-corrected chi connectivity index (χ1v) is 6.40. The molecule has 0 unspecified atom stereocenters. The maximum Gasteiger partial charge on any atom is 0.158 e. The van der Waals surface area contributed by atoms with Gasteiger partial charge in [-0.05, 0) is 0 Å². The summed E-state index contributed by atoms with van der Waals surface area (Å²) in [6.45, 7) is 1.12. The second kappa shape index (κ2) is 5.28. The molecule has 0 bridgehead atoms. The van der Waals surface area contributed by atoms with Crippen molar-refractivity contribution < 1.29 is 9.26 Å². The van der Waals surface area contributed by atoms with Crippen molar-refractivity contribution in [2.75, 3.05) is 6.61 Å². The van der Waals surface area contributed by atoms with Gasteiger partial charge in [-0.1, -0.05) is 28.4 Å². The van der Waals surface area contributed by atoms with Crippen LogP contribution in [0.4, 0.5) is 5.69 Å². The van der Waals surface area contributed by atoms with Gasteiger partial charge in [0.15, 0.2) is 5.17 Å². The lowest BCUT2D eigenvalue weighted by Gasteiger charge is -2.17. The zero-order chi connectivity index (χ0) is 13.2. The highest BCUT2D eigenvalue weighted by Gasteiger charge is 2.17. The molecule has 0 saturated carbocycles. The van der Waals surface area contributed by atoms with Crippen LogP contribution in [0.1, 0.15) is 17.0 Å². The second-order valence-corrected chi connectivity index (χ2v) is 4.71. The molecule has 2 aromatic rings. The quantitative estimate of drug-likeness (QED) is 0.799. The fourth-order valence-electron chi connectivity index (χ4n) is 1.82. The first-order valence-electron chi connectivity index (χ1n) is 5.64. The van der Waals surface area contributed by atoms with Gasteiger partial charge >= 0.3 is 0 Å². The molecule has 5 nitrogen and oxygen atoms in total. The number of hydrogen-bond acceptors (Lipinski definition) is 5. The minimum absolute atomic E-state index is 0.203. The fourth-order valence-corrected chi connectivity index (χ4v) is 2.26. The number of ether oxygens (including phenoxy) is 1. The standard InChI is InChI=1S/C12H9Cl2N3O2/c13-11-7-6-18-3-1-8(7)15-5-10(11)16-12(14)9-2-4-19-17-9/h2,4-5H,1,3,6H2. The fraction of sp³-hybridized carbons (Fsp3) is 0.250. The van der Waals surface area contributed by atoms with Crippen molar-refractivity contribution in [2.45, 2.75) is 13.0 Å². The van der Waals surface area contributed by atoms with Crippen LogP contribution in [-0.4, -0.2) is 21.9 Å². The molecule has 0 radical (unpaired) electrons. The Morgan fingerprint density at radius 3 is 3.11 bits per heavy atom. The van der Waals surface area contributed by atoms with Crippen LogP contribution >= 0.6 is 23.2 Å². The molecule has 0 saturated heterocycles. The Bertz CT molecular complexity index is 626. The SMILES string of the molecule is ClC(=Nc1cnc2c(c1Cl)COCC2)c1ccon1. The molecule has 0 fully saturated rings. The number of aromatic nitrogens is 2. The Hall–Kier alpha value is -1.43. The zero-order valence-corrected chi connectivity index (χ0v) is 11.3. The molecule has 0 amide bonds. The van der Waals surface area contributed by atoms with Gasteiger partial charge in [-0.3, -0.25) is 4.98 Å². The molecule has 0 atom stereocenters. The molecule has 3 heterocycles. The van der Waals surface area contributed by atoms with Crippen LogP contribution < -0.4 is 0 Å². The van der Waals surface area contributed by atoms with Crippen LogP contribution in [0.15, 0.2) is 28.0 Å². The van der Waals surface area contributed by atoms with Crippen LogP contribution in [0.2, 0.25) is 5.02 Å². The van der Waals surface area contributed by atoms with Gasteiger partial charge in [-0.2, -0.15) is 0 Å². The summed E-state index contributed by atoms with van der Waals surface area (Å²) in [5.74, 6) is 0. The van der Waals surface area contributed by atoms with E-state index < -0.39 is 0 Å². The Balaban J connectivity index is 2.00. The van der Waals surface area contributed by atoms with Crippen LogP contribution in [0, 0.1) is 0 Å². The first kappa shape index (κ1) is 12.6. The topological polar surface area (TPSA) is 60.5 Å². The van der Waals surface area contributed by atoms with Crippen molar-refractivity contribution in [3.8, 4) is 0 Å².